The van der Waals surface area contributed by atoms with Gasteiger partial charge in [-0.25, -0.2) is 6.57 Å². The van der Waals surface area contributed by atoms with Crippen LogP contribution in [0.2, 0.25) is 0 Å². The smallest absolute Gasteiger partial charge is 0.446 e. The first-order valence-electron chi connectivity index (χ1n) is 33.8. The third kappa shape index (κ3) is 32.1. The number of carbonyl (C=O) groups excluding carboxylic acids is 6. The van der Waals surface area contributed by atoms with E-state index in [4.69, 9.17) is 41.9 Å². The van der Waals surface area contributed by atoms with E-state index in [9.17, 15) is 60.2 Å². The summed E-state index contributed by atoms with van der Waals surface area (Å²) in [6.07, 6.45) is 3.72. The van der Waals surface area contributed by atoms with Crippen LogP contribution in [0.1, 0.15) is 219 Å². The average Bonchev–Trinajstić information content (AvgIpc) is 1.60. The second-order valence-electron chi connectivity index (χ2n) is 28.4. The number of carboxylic acid groups (broad SMARTS) is 1. The number of nitrogens with two attached hydrogens (primary N) is 1. The van der Waals surface area contributed by atoms with Crippen molar-refractivity contribution in [1.82, 2.24) is 21.7 Å². The van der Waals surface area contributed by atoms with Gasteiger partial charge in [0.05, 0.1) is 42.7 Å². The lowest BCUT2D eigenvalue weighted by Crippen LogP contribution is -2.56. The first-order valence-corrected chi connectivity index (χ1v) is 33.8. The molecule has 100 heavy (non-hydrogen) atoms. The van der Waals surface area contributed by atoms with Crippen molar-refractivity contribution in [2.75, 3.05) is 33.5 Å². The summed E-state index contributed by atoms with van der Waals surface area (Å²) in [5.74, 6) is -1.65. The molecule has 5 aliphatic rings. The molecule has 25 heteroatoms. The van der Waals surface area contributed by atoms with E-state index in [1.165, 1.54) is 39.8 Å². The van der Waals surface area contributed by atoms with Crippen molar-refractivity contribution in [2.45, 2.75) is 241 Å². The van der Waals surface area contributed by atoms with Gasteiger partial charge in [-0.15, -0.1) is 0 Å². The van der Waals surface area contributed by atoms with Gasteiger partial charge in [0, 0.05) is 50.1 Å². The van der Waals surface area contributed by atoms with Crippen LogP contribution in [0.25, 0.3) is 4.85 Å². The Bertz CT molecular complexity index is 3010. The minimum atomic E-state index is -4.64. The number of nitrogens with one attached hydrogen (secondary N) is 2. The molecule has 2 heterocycles. The molecule has 0 radical (unpaired) electrons. The number of methoxy groups -OCH3 is 1. The van der Waals surface area contributed by atoms with Gasteiger partial charge in [-0.1, -0.05) is 149 Å². The van der Waals surface area contributed by atoms with Crippen LogP contribution < -0.4 is 22.5 Å². The second kappa shape index (κ2) is 44.7. The van der Waals surface area contributed by atoms with Gasteiger partial charge in [0.25, 0.3) is 0 Å². The molecule has 0 saturated carbocycles. The highest BCUT2D eigenvalue weighted by atomic mass is 19.4. The Labute approximate surface area is 589 Å². The summed E-state index contributed by atoms with van der Waals surface area (Å²) in [5, 5.41) is 39.4. The third-order valence-electron chi connectivity index (χ3n) is 18.0. The van der Waals surface area contributed by atoms with Gasteiger partial charge >= 0.3 is 18.3 Å². The van der Waals surface area contributed by atoms with Gasteiger partial charge in [-0.05, 0) is 141 Å². The molecule has 8 rings (SSSR count). The minimum absolute atomic E-state index is 0. The molecule has 3 aromatic carbocycles. The van der Waals surface area contributed by atoms with E-state index in [0.29, 0.717) is 44.6 Å². The molecule has 2 fully saturated rings. The number of aldehydes is 2. The molecule has 0 aromatic heterocycles. The van der Waals surface area contributed by atoms with Gasteiger partial charge in [0.15, 0.2) is 0 Å². The van der Waals surface area contributed by atoms with Crippen LogP contribution in [0, 0.1) is 46.5 Å². The Balaban J connectivity index is 0.00000126. The minimum Gasteiger partial charge on any atom is -0.481 e. The van der Waals surface area contributed by atoms with Crippen LogP contribution in [0.15, 0.2) is 72.8 Å². The number of halogens is 6. The summed E-state index contributed by atoms with van der Waals surface area (Å²) in [5.41, 5.74) is 12.8. The molecule has 2 aliphatic heterocycles. The van der Waals surface area contributed by atoms with E-state index < -0.39 is 60.5 Å². The summed E-state index contributed by atoms with van der Waals surface area (Å²) in [6.45, 7) is 27.5. The number of Topliss-reactive ketones (excluding diaryl/α,β-unsaturated/α-hetero) is 1. The first-order chi connectivity index (χ1) is 45.8. The number of aliphatic hydroxyl groups excluding tert-OH is 3. The number of alkyl halides is 6. The van der Waals surface area contributed by atoms with Gasteiger partial charge in [-0.3, -0.25) is 28.8 Å². The summed E-state index contributed by atoms with van der Waals surface area (Å²) in [7, 11) is 1.67. The van der Waals surface area contributed by atoms with Crippen LogP contribution in [0.4, 0.5) is 26.3 Å². The molecule has 10 atom stereocenters. The molecule has 0 spiro atoms. The number of benzene rings is 3. The van der Waals surface area contributed by atoms with E-state index >= 15 is 0 Å². The number of ether oxygens (including phenoxy) is 2. The number of aliphatic hydroxyl groups is 3. The van der Waals surface area contributed by atoms with Crippen molar-refractivity contribution >= 4 is 42.0 Å². The normalized spacial score (nSPS) is 20.7. The fourth-order valence-electron chi connectivity index (χ4n) is 12.8. The highest BCUT2D eigenvalue weighted by Gasteiger charge is 2.55. The topological polar surface area (TPSA) is 312 Å². The fraction of sp³-hybridized carbons (Fsp3) is 0.653. The number of rotatable bonds is 19. The zero-order valence-electron chi connectivity index (χ0n) is 60.0. The largest absolute Gasteiger partial charge is 0.481 e. The van der Waals surface area contributed by atoms with Crippen molar-refractivity contribution in [3.05, 3.63) is 118 Å². The standard InChI is InChI=1S/C25H39NO4.C21H29N3O3.C11H11N.C8H16O.C5H10O3.C2H3F3O.C2HF3O.CH4.H3N/c1-17(13-14-27)23(28)15-21(25(3,4)16-18(2)30-5)24(29)26-22-12-8-10-19-9-6-7-11-20(19)22;1-21(2)12-17-24(20(26)15(22)10-11-27-17)18(21)19(25)23-16-9-5-7-13-6-3-4-8-14(13)16;1-12-11-8-4-6-9-5-2-3-7-10(9)11;1-7(2)5-8(3,4)6-9;1-4(2-3-6)5(7)8;2*3-2(4,5)1-6;;/h6-7,9,11,17-18,21-22,27H,8,10,12-16H2,1-5H3,(H,26,29);3-4,6,8,15-18H,5,7,9-12,22H2,1-2H3,(H,23,25);2-3,5,7,11H,4,6,8H2;6-7H,5H2,1-4H3;4,6H,2-3H2,1H3,(H,7,8);6H,1H2;1H;1H4;1H3/t17-,18?,21?,22+;15-,16+,17-,18?;11-;;4-;;;;/m001.0..../s1. The molecule has 3 aliphatic carbocycles. The number of ketones is 1. The molecule has 566 valence electrons. The lowest BCUT2D eigenvalue weighted by molar-refractivity contribution is -0.159. The Morgan fingerprint density at radius 3 is 1.60 bits per heavy atom. The Morgan fingerprint density at radius 1 is 0.740 bits per heavy atom. The summed E-state index contributed by atoms with van der Waals surface area (Å²) in [4.78, 5) is 86.8. The van der Waals surface area contributed by atoms with E-state index in [-0.39, 0.29) is 104 Å². The lowest BCUT2D eigenvalue weighted by atomic mass is 9.71. The SMILES string of the molecule is C.CC(C)CC(C)(C)C=O.CC1(C)C[C@@H]2OCC[C@H](N)C(=O)N2C1C(=O)N[C@@H]1CCCc2ccccc21.COC(C)CC(C)(C)C(CC(=O)[C@@H](C)CCO)C(=O)N[C@@H]1CCCc2ccccc21.C[C@@H](CCO)C(=O)O.N.O=CC(F)(F)F.OCC(F)(F)F.[C-]#[N+][C@@H]1CCCc2ccccc21. The molecule has 3 amide bonds. The Kier molecular flexibility index (Phi) is 41.7. The predicted molar refractivity (Wildman–Crippen MR) is 374 cm³/mol. The Morgan fingerprint density at radius 2 is 1.19 bits per heavy atom. The number of hydrogen-bond acceptors (Lipinski definition) is 14. The summed E-state index contributed by atoms with van der Waals surface area (Å²) < 4.78 is 74.2. The molecular weight excluding hydrogens is 1310 g/mol. The van der Waals surface area contributed by atoms with Crippen molar-refractivity contribution < 1.29 is 89.8 Å². The highest BCUT2D eigenvalue weighted by molar-refractivity contribution is 5.92. The van der Waals surface area contributed by atoms with E-state index in [2.05, 4.69) is 71.8 Å². The summed E-state index contributed by atoms with van der Waals surface area (Å²) in [6, 6.07) is 23.9. The monoisotopic (exact) mass is 1420 g/mol. The number of nitrogens with zero attached hydrogens (tertiary/aromatic N) is 2. The van der Waals surface area contributed by atoms with Gasteiger partial charge < -0.3 is 67.0 Å². The number of carboxylic acids is 1. The number of aryl methyl sites for hydroxylation is 3. The number of amides is 3. The van der Waals surface area contributed by atoms with Gasteiger partial charge in [-0.2, -0.15) is 26.3 Å². The third-order valence-corrected chi connectivity index (χ3v) is 18.0. The van der Waals surface area contributed by atoms with Crippen LogP contribution in [-0.4, -0.2) is 138 Å². The fourth-order valence-corrected chi connectivity index (χ4v) is 12.8. The second-order valence-corrected chi connectivity index (χ2v) is 28.4. The summed E-state index contributed by atoms with van der Waals surface area (Å²) >= 11 is 0. The van der Waals surface area contributed by atoms with Gasteiger partial charge in [0.2, 0.25) is 30.0 Å². The molecule has 2 saturated heterocycles. The van der Waals surface area contributed by atoms with Crippen molar-refractivity contribution in [3.8, 4) is 0 Å². The van der Waals surface area contributed by atoms with Crippen molar-refractivity contribution in [1.29, 1.82) is 0 Å². The van der Waals surface area contributed by atoms with Crippen LogP contribution in [0.5, 0.6) is 0 Å². The maximum absolute atomic E-state index is 13.5. The van der Waals surface area contributed by atoms with Crippen molar-refractivity contribution in [2.24, 2.45) is 45.7 Å². The zero-order chi connectivity index (χ0) is 74.4. The lowest BCUT2D eigenvalue weighted by Gasteiger charge is -2.37. The average molecular weight is 1420 g/mol. The molecule has 19 nitrogen and oxygen atoms in total. The maximum atomic E-state index is 13.5. The van der Waals surface area contributed by atoms with Crippen LogP contribution >= 0.6 is 0 Å². The van der Waals surface area contributed by atoms with Crippen LogP contribution in [0.3, 0.4) is 0 Å². The molecule has 3 unspecified atom stereocenters. The number of fused-ring (bicyclic) bond motifs is 4. The number of aliphatic carboxylic acids is 1. The molecule has 0 bridgehead atoms. The van der Waals surface area contributed by atoms with E-state index in [1.54, 1.807) is 18.9 Å². The highest BCUT2D eigenvalue weighted by Crippen LogP contribution is 2.44. The predicted octanol–water partition coefficient (Wildman–Crippen LogP) is 13.5. The first kappa shape index (κ1) is 93.3. The molecule has 3 aromatic rings. The molecular formula is C75H116F6N6O13. The maximum Gasteiger partial charge on any atom is 0.446 e. The van der Waals surface area contributed by atoms with Gasteiger partial charge in [0.1, 0.15) is 30.9 Å². The quantitative estimate of drug-likeness (QED) is 0.0314. The number of hydrogen-bond donors (Lipinski definition) is 8. The van der Waals surface area contributed by atoms with E-state index in [0.717, 1.165) is 64.1 Å². The number of carbonyl (C=O) groups is 7. The Hall–Kier alpha value is -6.66. The van der Waals surface area contributed by atoms with E-state index in [1.807, 2.05) is 85.7 Å². The molecule has 11 N–H and O–H groups in total. The van der Waals surface area contributed by atoms with Crippen LogP contribution in [-0.2, 0) is 62.3 Å². The van der Waals surface area contributed by atoms with Crippen molar-refractivity contribution in [3.63, 3.8) is 0 Å². The zero-order valence-corrected chi connectivity index (χ0v) is 60.0.